The van der Waals surface area contributed by atoms with Crippen molar-refractivity contribution in [2.24, 2.45) is 0 Å². The molecule has 0 spiro atoms. The zero-order valence-corrected chi connectivity index (χ0v) is 9.86. The standard InChI is InChI=1S/C12H15N3O2/c1-3-15-10(11(13)14-12(15)16)8-5-4-6-9(7-8)17-2/h4-7,10H,3H2,1-2H3,(H2,13,14,16). The number of nitrogens with one attached hydrogen (secondary N) is 2. The first kappa shape index (κ1) is 11.4. The van der Waals surface area contributed by atoms with Gasteiger partial charge in [-0.15, -0.1) is 0 Å². The third-order valence-corrected chi connectivity index (χ3v) is 2.84. The van der Waals surface area contributed by atoms with E-state index < -0.39 is 0 Å². The molecule has 2 amide bonds. The summed E-state index contributed by atoms with van der Waals surface area (Å²) >= 11 is 0. The highest BCUT2D eigenvalue weighted by atomic mass is 16.5. The lowest BCUT2D eigenvalue weighted by atomic mass is 10.1. The van der Waals surface area contributed by atoms with Crippen molar-refractivity contribution in [2.45, 2.75) is 13.0 Å². The number of ether oxygens (including phenoxy) is 1. The smallest absolute Gasteiger partial charge is 0.323 e. The Morgan fingerprint density at radius 3 is 2.94 bits per heavy atom. The summed E-state index contributed by atoms with van der Waals surface area (Å²) in [6.07, 6.45) is 0. The van der Waals surface area contributed by atoms with Crippen LogP contribution in [0.1, 0.15) is 18.5 Å². The van der Waals surface area contributed by atoms with E-state index in [1.165, 1.54) is 0 Å². The summed E-state index contributed by atoms with van der Waals surface area (Å²) in [6, 6.07) is 6.89. The average molecular weight is 233 g/mol. The van der Waals surface area contributed by atoms with Crippen molar-refractivity contribution in [1.82, 2.24) is 10.2 Å². The van der Waals surface area contributed by atoms with Crippen LogP contribution in [0.2, 0.25) is 0 Å². The second-order valence-corrected chi connectivity index (χ2v) is 3.81. The van der Waals surface area contributed by atoms with Gasteiger partial charge in [0.2, 0.25) is 0 Å². The number of hydrogen-bond acceptors (Lipinski definition) is 3. The van der Waals surface area contributed by atoms with Gasteiger partial charge in [-0.05, 0) is 24.6 Å². The van der Waals surface area contributed by atoms with E-state index in [-0.39, 0.29) is 17.9 Å². The fraction of sp³-hybridized carbons (Fsp3) is 0.333. The third-order valence-electron chi connectivity index (χ3n) is 2.84. The molecule has 1 aromatic carbocycles. The van der Waals surface area contributed by atoms with Crippen LogP contribution in [-0.2, 0) is 0 Å². The molecule has 1 heterocycles. The summed E-state index contributed by atoms with van der Waals surface area (Å²) in [5.74, 6) is 0.941. The second kappa shape index (κ2) is 4.45. The first-order valence-corrected chi connectivity index (χ1v) is 5.47. The van der Waals surface area contributed by atoms with Crippen LogP contribution in [-0.4, -0.2) is 30.4 Å². The normalized spacial score (nSPS) is 19.4. The van der Waals surface area contributed by atoms with Crippen LogP contribution in [0.5, 0.6) is 5.75 Å². The maximum Gasteiger partial charge on any atom is 0.323 e. The molecule has 2 N–H and O–H groups in total. The Bertz CT molecular complexity index is 459. The second-order valence-electron chi connectivity index (χ2n) is 3.81. The SMILES string of the molecule is CCN1C(=O)NC(=N)C1c1cccc(OC)c1. The number of amidine groups is 1. The lowest BCUT2D eigenvalue weighted by molar-refractivity contribution is 0.209. The summed E-state index contributed by atoms with van der Waals surface area (Å²) in [6.45, 7) is 2.46. The van der Waals surface area contributed by atoms with Gasteiger partial charge in [0.05, 0.1) is 7.11 Å². The Kier molecular flexibility index (Phi) is 2.99. The summed E-state index contributed by atoms with van der Waals surface area (Å²) in [4.78, 5) is 13.2. The van der Waals surface area contributed by atoms with Crippen LogP contribution in [0.25, 0.3) is 0 Å². The number of benzene rings is 1. The van der Waals surface area contributed by atoms with Gasteiger partial charge in [-0.1, -0.05) is 12.1 Å². The average Bonchev–Trinajstić information content (AvgIpc) is 2.63. The Morgan fingerprint density at radius 2 is 2.29 bits per heavy atom. The van der Waals surface area contributed by atoms with E-state index in [2.05, 4.69) is 5.32 Å². The molecule has 90 valence electrons. The molecule has 0 aromatic heterocycles. The highest BCUT2D eigenvalue weighted by Gasteiger charge is 2.35. The van der Waals surface area contributed by atoms with Gasteiger partial charge in [-0.25, -0.2) is 4.79 Å². The minimum atomic E-state index is -0.331. The number of urea groups is 1. The predicted octanol–water partition coefficient (Wildman–Crippen LogP) is 1.76. The van der Waals surface area contributed by atoms with Crippen molar-refractivity contribution in [1.29, 1.82) is 5.41 Å². The molecular formula is C12H15N3O2. The topological polar surface area (TPSA) is 65.4 Å². The number of carbonyl (C=O) groups excluding carboxylic acids is 1. The van der Waals surface area contributed by atoms with E-state index in [1.807, 2.05) is 31.2 Å². The summed E-state index contributed by atoms with van der Waals surface area (Å²) in [7, 11) is 1.60. The number of nitrogens with zero attached hydrogens (tertiary/aromatic N) is 1. The zero-order chi connectivity index (χ0) is 12.4. The van der Waals surface area contributed by atoms with Gasteiger partial charge < -0.3 is 9.64 Å². The molecule has 1 atom stereocenters. The molecule has 1 aromatic rings. The molecule has 0 bridgehead atoms. The molecule has 17 heavy (non-hydrogen) atoms. The van der Waals surface area contributed by atoms with Crippen LogP contribution in [0.3, 0.4) is 0 Å². The van der Waals surface area contributed by atoms with E-state index in [0.29, 0.717) is 6.54 Å². The van der Waals surface area contributed by atoms with E-state index in [9.17, 15) is 4.79 Å². The minimum Gasteiger partial charge on any atom is -0.497 e. The van der Waals surface area contributed by atoms with E-state index in [1.54, 1.807) is 12.0 Å². The van der Waals surface area contributed by atoms with Gasteiger partial charge in [0.15, 0.2) is 0 Å². The van der Waals surface area contributed by atoms with Crippen molar-refractivity contribution in [3.8, 4) is 5.75 Å². The lowest BCUT2D eigenvalue weighted by Gasteiger charge is -2.21. The molecule has 0 saturated carbocycles. The number of amides is 2. The number of hydrogen-bond donors (Lipinski definition) is 2. The molecule has 5 heteroatoms. The predicted molar refractivity (Wildman–Crippen MR) is 64.4 cm³/mol. The maximum atomic E-state index is 11.6. The molecule has 1 fully saturated rings. The van der Waals surface area contributed by atoms with Crippen molar-refractivity contribution in [2.75, 3.05) is 13.7 Å². The molecule has 5 nitrogen and oxygen atoms in total. The van der Waals surface area contributed by atoms with E-state index >= 15 is 0 Å². The summed E-state index contributed by atoms with van der Waals surface area (Å²) < 4.78 is 5.15. The molecule has 1 aliphatic rings. The highest BCUT2D eigenvalue weighted by Crippen LogP contribution is 2.27. The molecule has 0 aliphatic carbocycles. The Balaban J connectivity index is 2.37. The monoisotopic (exact) mass is 233 g/mol. The fourth-order valence-corrected chi connectivity index (χ4v) is 2.01. The summed E-state index contributed by atoms with van der Waals surface area (Å²) in [5.41, 5.74) is 0.884. The molecule has 2 rings (SSSR count). The van der Waals surface area contributed by atoms with E-state index in [4.69, 9.17) is 10.1 Å². The van der Waals surface area contributed by atoms with Crippen molar-refractivity contribution < 1.29 is 9.53 Å². The molecule has 1 aliphatic heterocycles. The van der Waals surface area contributed by atoms with Crippen molar-refractivity contribution in [3.05, 3.63) is 29.8 Å². The number of likely N-dealkylation sites (N-methyl/N-ethyl adjacent to an activating group) is 1. The molecule has 0 radical (unpaired) electrons. The minimum absolute atomic E-state index is 0.213. The van der Waals surface area contributed by atoms with Gasteiger partial charge in [0.25, 0.3) is 0 Å². The molecule has 1 unspecified atom stereocenters. The van der Waals surface area contributed by atoms with Crippen molar-refractivity contribution >= 4 is 11.9 Å². The number of carbonyl (C=O) groups is 1. The number of rotatable bonds is 3. The quantitative estimate of drug-likeness (QED) is 0.835. The highest BCUT2D eigenvalue weighted by molar-refractivity contribution is 6.06. The number of methoxy groups -OCH3 is 1. The zero-order valence-electron chi connectivity index (χ0n) is 9.86. The lowest BCUT2D eigenvalue weighted by Crippen LogP contribution is -2.29. The summed E-state index contributed by atoms with van der Waals surface area (Å²) in [5, 5.41) is 10.4. The van der Waals surface area contributed by atoms with Gasteiger partial charge in [0, 0.05) is 6.54 Å². The molecule has 1 saturated heterocycles. The van der Waals surface area contributed by atoms with Gasteiger partial charge in [-0.2, -0.15) is 0 Å². The van der Waals surface area contributed by atoms with Crippen LogP contribution in [0, 0.1) is 5.41 Å². The van der Waals surface area contributed by atoms with Crippen LogP contribution < -0.4 is 10.1 Å². The van der Waals surface area contributed by atoms with Crippen LogP contribution in [0.4, 0.5) is 4.79 Å². The Morgan fingerprint density at radius 1 is 1.53 bits per heavy atom. The largest absolute Gasteiger partial charge is 0.497 e. The van der Waals surface area contributed by atoms with Crippen molar-refractivity contribution in [3.63, 3.8) is 0 Å². The third kappa shape index (κ3) is 1.95. The van der Waals surface area contributed by atoms with Gasteiger partial charge in [0.1, 0.15) is 17.6 Å². The van der Waals surface area contributed by atoms with Gasteiger partial charge >= 0.3 is 6.03 Å². The van der Waals surface area contributed by atoms with Crippen LogP contribution in [0.15, 0.2) is 24.3 Å². The fourth-order valence-electron chi connectivity index (χ4n) is 2.01. The van der Waals surface area contributed by atoms with Gasteiger partial charge in [-0.3, -0.25) is 10.7 Å². The first-order valence-electron chi connectivity index (χ1n) is 5.47. The van der Waals surface area contributed by atoms with E-state index in [0.717, 1.165) is 11.3 Å². The van der Waals surface area contributed by atoms with Crippen LogP contribution >= 0.6 is 0 Å². The first-order chi connectivity index (χ1) is 8.17. The maximum absolute atomic E-state index is 11.6. The Labute approximate surface area is 99.9 Å². The molecular weight excluding hydrogens is 218 g/mol. The Hall–Kier alpha value is -2.04.